The van der Waals surface area contributed by atoms with Crippen molar-refractivity contribution in [2.75, 3.05) is 12.3 Å². The topological polar surface area (TPSA) is 118 Å². The molecule has 1 aromatic rings. The van der Waals surface area contributed by atoms with Crippen molar-refractivity contribution < 1.29 is 14.7 Å². The van der Waals surface area contributed by atoms with Crippen molar-refractivity contribution in [3.05, 3.63) is 28.2 Å². The van der Waals surface area contributed by atoms with Crippen molar-refractivity contribution in [2.24, 2.45) is 5.73 Å². The summed E-state index contributed by atoms with van der Waals surface area (Å²) in [4.78, 5) is 22.1. The number of nitrogens with two attached hydrogens (primary N) is 2. The number of carbonyl (C=O) groups excluding carboxylic acids is 2. The van der Waals surface area contributed by atoms with Crippen LogP contribution < -0.4 is 16.8 Å². The molecule has 17 heavy (non-hydrogen) atoms. The van der Waals surface area contributed by atoms with Gasteiger partial charge in [-0.3, -0.25) is 9.59 Å². The van der Waals surface area contributed by atoms with Crippen molar-refractivity contribution in [2.45, 2.75) is 6.10 Å². The van der Waals surface area contributed by atoms with E-state index in [0.29, 0.717) is 15.7 Å². The second kappa shape index (κ2) is 5.65. The minimum absolute atomic E-state index is 0.232. The van der Waals surface area contributed by atoms with Crippen LogP contribution in [-0.4, -0.2) is 29.6 Å². The summed E-state index contributed by atoms with van der Waals surface area (Å²) in [6, 6.07) is 4.68. The van der Waals surface area contributed by atoms with Gasteiger partial charge in [-0.15, -0.1) is 0 Å². The highest BCUT2D eigenvalue weighted by Crippen LogP contribution is 2.19. The maximum atomic E-state index is 11.6. The van der Waals surface area contributed by atoms with Gasteiger partial charge in [-0.25, -0.2) is 0 Å². The van der Waals surface area contributed by atoms with Crippen molar-refractivity contribution >= 4 is 33.4 Å². The van der Waals surface area contributed by atoms with Gasteiger partial charge in [0.25, 0.3) is 5.91 Å². The molecule has 92 valence electrons. The highest BCUT2D eigenvalue weighted by atomic mass is 79.9. The summed E-state index contributed by atoms with van der Waals surface area (Å²) in [5.41, 5.74) is 11.2. The maximum absolute atomic E-state index is 11.6. The van der Waals surface area contributed by atoms with E-state index in [1.807, 2.05) is 0 Å². The van der Waals surface area contributed by atoms with E-state index < -0.39 is 17.9 Å². The standard InChI is InChI=1S/C10H12BrN3O3/c11-6-2-1-5(3-7(6)12)10(17)14-4-8(15)9(13)16/h1-3,8,15H,4,12H2,(H2,13,16)(H,14,17). The van der Waals surface area contributed by atoms with Gasteiger partial charge in [-0.2, -0.15) is 0 Å². The first kappa shape index (κ1) is 13.5. The van der Waals surface area contributed by atoms with Crippen LogP contribution in [0.5, 0.6) is 0 Å². The number of benzene rings is 1. The second-order valence-electron chi connectivity index (χ2n) is 3.36. The number of hydrogen-bond donors (Lipinski definition) is 4. The Bertz CT molecular complexity index is 450. The Hall–Kier alpha value is -1.60. The number of hydrogen-bond acceptors (Lipinski definition) is 4. The van der Waals surface area contributed by atoms with Gasteiger partial charge >= 0.3 is 0 Å². The summed E-state index contributed by atoms with van der Waals surface area (Å²) in [5, 5.41) is 11.5. The van der Waals surface area contributed by atoms with Gasteiger partial charge in [-0.1, -0.05) is 0 Å². The molecular weight excluding hydrogens is 290 g/mol. The molecule has 7 heteroatoms. The third-order valence-electron chi connectivity index (χ3n) is 2.04. The van der Waals surface area contributed by atoms with Crippen molar-refractivity contribution in [3.63, 3.8) is 0 Å². The first-order valence-electron chi connectivity index (χ1n) is 4.72. The predicted octanol–water partition coefficient (Wildman–Crippen LogP) is -0.393. The average molecular weight is 302 g/mol. The molecule has 6 nitrogen and oxygen atoms in total. The monoisotopic (exact) mass is 301 g/mol. The molecule has 0 radical (unpaired) electrons. The zero-order valence-electron chi connectivity index (χ0n) is 8.81. The molecule has 0 aliphatic heterocycles. The lowest BCUT2D eigenvalue weighted by Gasteiger charge is -2.09. The lowest BCUT2D eigenvalue weighted by atomic mass is 10.2. The van der Waals surface area contributed by atoms with E-state index in [1.165, 1.54) is 6.07 Å². The summed E-state index contributed by atoms with van der Waals surface area (Å²) < 4.78 is 0.686. The number of primary amides is 1. The number of halogens is 1. The van der Waals surface area contributed by atoms with Gasteiger partial charge in [0.1, 0.15) is 6.10 Å². The Labute approximate surface area is 106 Å². The number of anilines is 1. The fraction of sp³-hybridized carbons (Fsp3) is 0.200. The van der Waals surface area contributed by atoms with Gasteiger partial charge in [0.15, 0.2) is 0 Å². The molecule has 0 heterocycles. The number of nitrogens with one attached hydrogen (secondary N) is 1. The van der Waals surface area contributed by atoms with E-state index in [4.69, 9.17) is 16.6 Å². The number of carbonyl (C=O) groups is 2. The highest BCUT2D eigenvalue weighted by molar-refractivity contribution is 9.10. The first-order chi connectivity index (χ1) is 7.91. The lowest BCUT2D eigenvalue weighted by Crippen LogP contribution is -2.39. The first-order valence-corrected chi connectivity index (χ1v) is 5.51. The van der Waals surface area contributed by atoms with Crippen molar-refractivity contribution in [3.8, 4) is 0 Å². The number of rotatable bonds is 4. The quantitative estimate of drug-likeness (QED) is 0.566. The number of aliphatic hydroxyl groups is 1. The molecule has 0 saturated carbocycles. The van der Waals surface area contributed by atoms with Gasteiger partial charge in [-0.05, 0) is 34.1 Å². The molecular formula is C10H12BrN3O3. The third-order valence-corrected chi connectivity index (χ3v) is 2.76. The molecule has 0 aliphatic carbocycles. The van der Waals surface area contributed by atoms with Crippen molar-refractivity contribution in [1.29, 1.82) is 0 Å². The van der Waals surface area contributed by atoms with Crippen molar-refractivity contribution in [1.82, 2.24) is 5.32 Å². The summed E-state index contributed by atoms with van der Waals surface area (Å²) in [6.45, 7) is -0.232. The van der Waals surface area contributed by atoms with E-state index in [9.17, 15) is 9.59 Å². The molecule has 1 aromatic carbocycles. The van der Waals surface area contributed by atoms with Crippen LogP contribution in [0.2, 0.25) is 0 Å². The van der Waals surface area contributed by atoms with Gasteiger partial charge < -0.3 is 21.9 Å². The molecule has 0 spiro atoms. The summed E-state index contributed by atoms with van der Waals surface area (Å²) in [7, 11) is 0. The molecule has 0 aliphatic rings. The van der Waals surface area contributed by atoms with Crippen LogP contribution in [0.25, 0.3) is 0 Å². The van der Waals surface area contributed by atoms with Crippen LogP contribution in [0, 0.1) is 0 Å². The molecule has 1 atom stereocenters. The zero-order chi connectivity index (χ0) is 13.0. The smallest absolute Gasteiger partial charge is 0.251 e. The Morgan fingerprint density at radius 1 is 1.47 bits per heavy atom. The van der Waals surface area contributed by atoms with Gasteiger partial charge in [0, 0.05) is 15.7 Å². The molecule has 0 saturated heterocycles. The number of nitrogen functional groups attached to an aromatic ring is 1. The van der Waals surface area contributed by atoms with Crippen LogP contribution in [0.15, 0.2) is 22.7 Å². The van der Waals surface area contributed by atoms with E-state index in [0.717, 1.165) is 0 Å². The fourth-order valence-electron chi connectivity index (χ4n) is 1.08. The van der Waals surface area contributed by atoms with E-state index in [1.54, 1.807) is 12.1 Å². The minimum Gasteiger partial charge on any atom is -0.398 e. The second-order valence-corrected chi connectivity index (χ2v) is 4.22. The van der Waals surface area contributed by atoms with Crippen LogP contribution >= 0.6 is 15.9 Å². The average Bonchev–Trinajstić information content (AvgIpc) is 2.28. The SMILES string of the molecule is NC(=O)C(O)CNC(=O)c1ccc(Br)c(N)c1. The fourth-order valence-corrected chi connectivity index (χ4v) is 1.32. The summed E-state index contributed by atoms with van der Waals surface area (Å²) >= 11 is 3.20. The zero-order valence-corrected chi connectivity index (χ0v) is 10.4. The Balaban J connectivity index is 2.64. The van der Waals surface area contributed by atoms with Gasteiger partial charge in [0.2, 0.25) is 5.91 Å². The Morgan fingerprint density at radius 3 is 2.65 bits per heavy atom. The molecule has 0 aromatic heterocycles. The van der Waals surface area contributed by atoms with Crippen LogP contribution in [0.4, 0.5) is 5.69 Å². The molecule has 1 unspecified atom stereocenters. The summed E-state index contributed by atoms with van der Waals surface area (Å²) in [6.07, 6.45) is -1.40. The largest absolute Gasteiger partial charge is 0.398 e. The minimum atomic E-state index is -1.40. The lowest BCUT2D eigenvalue weighted by molar-refractivity contribution is -0.125. The van der Waals surface area contributed by atoms with E-state index >= 15 is 0 Å². The van der Waals surface area contributed by atoms with Gasteiger partial charge in [0.05, 0.1) is 6.54 Å². The highest BCUT2D eigenvalue weighted by Gasteiger charge is 2.13. The molecule has 0 fully saturated rings. The Kier molecular flexibility index (Phi) is 4.47. The van der Waals surface area contributed by atoms with Crippen LogP contribution in [0.3, 0.4) is 0 Å². The van der Waals surface area contributed by atoms with Crippen LogP contribution in [-0.2, 0) is 4.79 Å². The number of amides is 2. The van der Waals surface area contributed by atoms with E-state index in [2.05, 4.69) is 21.2 Å². The summed E-state index contributed by atoms with van der Waals surface area (Å²) in [5.74, 6) is -1.33. The predicted molar refractivity (Wildman–Crippen MR) is 66.1 cm³/mol. The number of aliphatic hydroxyl groups excluding tert-OH is 1. The van der Waals surface area contributed by atoms with E-state index in [-0.39, 0.29) is 6.54 Å². The molecule has 2 amide bonds. The maximum Gasteiger partial charge on any atom is 0.251 e. The molecule has 0 bridgehead atoms. The molecule has 1 rings (SSSR count). The normalized spacial score (nSPS) is 11.9. The third kappa shape index (κ3) is 3.72. The Morgan fingerprint density at radius 2 is 2.12 bits per heavy atom. The molecule has 6 N–H and O–H groups in total. The van der Waals surface area contributed by atoms with Crippen LogP contribution in [0.1, 0.15) is 10.4 Å².